The Balaban J connectivity index is 1.53. The van der Waals surface area contributed by atoms with Crippen LogP contribution in [-0.2, 0) is 12.7 Å². The molecule has 0 saturated carbocycles. The number of likely N-dealkylation sites (N-methyl/N-ethyl adjacent to an activating group) is 1. The lowest BCUT2D eigenvalue weighted by atomic mass is 10.1. The van der Waals surface area contributed by atoms with E-state index in [9.17, 15) is 18.0 Å². The van der Waals surface area contributed by atoms with Gasteiger partial charge in [0.1, 0.15) is 6.61 Å². The molecule has 28 heavy (non-hydrogen) atoms. The third-order valence-corrected chi connectivity index (χ3v) is 4.39. The Morgan fingerprint density at radius 2 is 1.82 bits per heavy atom. The highest BCUT2D eigenvalue weighted by Crippen LogP contribution is 2.31. The summed E-state index contributed by atoms with van der Waals surface area (Å²) in [5.41, 5.74) is -0.129. The van der Waals surface area contributed by atoms with E-state index in [1.165, 1.54) is 12.1 Å². The standard InChI is InChI=1S/C20H21F3N2O3/c1-2-25(12-16-13-27-17-5-3-4-6-18(17)28-16)19(26)24-11-14-7-9-15(10-8-14)20(21,22)23/h3-10,16H,2,11-13H2,1H3,(H,24,26). The number of nitrogens with one attached hydrogen (secondary N) is 1. The Morgan fingerprint density at radius 1 is 1.14 bits per heavy atom. The lowest BCUT2D eigenvalue weighted by Crippen LogP contribution is -2.47. The topological polar surface area (TPSA) is 50.8 Å². The van der Waals surface area contributed by atoms with E-state index in [4.69, 9.17) is 9.47 Å². The Morgan fingerprint density at radius 3 is 2.46 bits per heavy atom. The third-order valence-electron chi connectivity index (χ3n) is 4.39. The zero-order valence-corrected chi connectivity index (χ0v) is 15.3. The molecule has 0 bridgehead atoms. The fraction of sp³-hybridized carbons (Fsp3) is 0.350. The van der Waals surface area contributed by atoms with Crippen molar-refractivity contribution in [2.24, 2.45) is 0 Å². The van der Waals surface area contributed by atoms with Crippen LogP contribution in [0.3, 0.4) is 0 Å². The molecule has 0 fully saturated rings. The summed E-state index contributed by atoms with van der Waals surface area (Å²) in [5, 5.41) is 2.73. The second kappa shape index (κ2) is 8.41. The molecule has 0 saturated heterocycles. The number of benzene rings is 2. The first-order valence-corrected chi connectivity index (χ1v) is 8.94. The van der Waals surface area contributed by atoms with Gasteiger partial charge in [0.2, 0.25) is 0 Å². The van der Waals surface area contributed by atoms with Gasteiger partial charge in [0.15, 0.2) is 17.6 Å². The number of para-hydroxylation sites is 2. The zero-order valence-electron chi connectivity index (χ0n) is 15.3. The summed E-state index contributed by atoms with van der Waals surface area (Å²) in [5.74, 6) is 1.31. The Hall–Kier alpha value is -2.90. The first kappa shape index (κ1) is 19.9. The van der Waals surface area contributed by atoms with Gasteiger partial charge in [-0.25, -0.2) is 4.79 Å². The Kier molecular flexibility index (Phi) is 5.96. The largest absolute Gasteiger partial charge is 0.486 e. The van der Waals surface area contributed by atoms with Crippen LogP contribution in [0.5, 0.6) is 11.5 Å². The normalized spacial score (nSPS) is 15.8. The highest BCUT2D eigenvalue weighted by molar-refractivity contribution is 5.74. The number of urea groups is 1. The van der Waals surface area contributed by atoms with Crippen LogP contribution in [0.25, 0.3) is 0 Å². The molecule has 0 aliphatic carbocycles. The minimum atomic E-state index is -4.37. The fourth-order valence-corrected chi connectivity index (χ4v) is 2.86. The molecule has 2 aromatic rings. The lowest BCUT2D eigenvalue weighted by Gasteiger charge is -2.31. The Labute approximate surface area is 161 Å². The predicted octanol–water partition coefficient (Wildman–Crippen LogP) is 4.08. The molecule has 1 heterocycles. The number of halogens is 3. The summed E-state index contributed by atoms with van der Waals surface area (Å²) >= 11 is 0. The van der Waals surface area contributed by atoms with Gasteiger partial charge in [-0.1, -0.05) is 24.3 Å². The van der Waals surface area contributed by atoms with Crippen LogP contribution in [0.2, 0.25) is 0 Å². The smallest absolute Gasteiger partial charge is 0.416 e. The van der Waals surface area contributed by atoms with E-state index in [1.807, 2.05) is 31.2 Å². The van der Waals surface area contributed by atoms with Crippen molar-refractivity contribution in [2.45, 2.75) is 25.7 Å². The van der Waals surface area contributed by atoms with Crippen LogP contribution >= 0.6 is 0 Å². The zero-order chi connectivity index (χ0) is 20.1. The molecule has 0 radical (unpaired) electrons. The monoisotopic (exact) mass is 394 g/mol. The van der Waals surface area contributed by atoms with Gasteiger partial charge in [0, 0.05) is 13.1 Å². The van der Waals surface area contributed by atoms with Crippen molar-refractivity contribution >= 4 is 6.03 Å². The SMILES string of the molecule is CCN(CC1COc2ccccc2O1)C(=O)NCc1ccc(C(F)(F)F)cc1. The fourth-order valence-electron chi connectivity index (χ4n) is 2.86. The average Bonchev–Trinajstić information content (AvgIpc) is 2.69. The van der Waals surface area contributed by atoms with Crippen LogP contribution in [-0.4, -0.2) is 36.7 Å². The van der Waals surface area contributed by atoms with Crippen molar-refractivity contribution in [1.29, 1.82) is 0 Å². The molecule has 1 N–H and O–H groups in total. The minimum absolute atomic E-state index is 0.137. The lowest BCUT2D eigenvalue weighted by molar-refractivity contribution is -0.137. The van der Waals surface area contributed by atoms with E-state index in [-0.39, 0.29) is 18.7 Å². The summed E-state index contributed by atoms with van der Waals surface area (Å²) in [4.78, 5) is 14.0. The first-order valence-electron chi connectivity index (χ1n) is 8.94. The van der Waals surface area contributed by atoms with E-state index in [0.717, 1.165) is 12.1 Å². The van der Waals surface area contributed by atoms with Crippen molar-refractivity contribution in [2.75, 3.05) is 19.7 Å². The summed E-state index contributed by atoms with van der Waals surface area (Å²) in [6.45, 7) is 3.11. The predicted molar refractivity (Wildman–Crippen MR) is 97.3 cm³/mol. The molecule has 5 nitrogen and oxygen atoms in total. The molecule has 2 aromatic carbocycles. The van der Waals surface area contributed by atoms with Crippen molar-refractivity contribution in [3.8, 4) is 11.5 Å². The van der Waals surface area contributed by atoms with Gasteiger partial charge in [-0.15, -0.1) is 0 Å². The van der Waals surface area contributed by atoms with Crippen molar-refractivity contribution < 1.29 is 27.4 Å². The maximum absolute atomic E-state index is 12.6. The molecule has 150 valence electrons. The van der Waals surface area contributed by atoms with E-state index in [0.29, 0.717) is 36.8 Å². The van der Waals surface area contributed by atoms with Crippen LogP contribution in [0, 0.1) is 0 Å². The summed E-state index contributed by atoms with van der Waals surface area (Å²) in [6, 6.07) is 11.7. The highest BCUT2D eigenvalue weighted by Gasteiger charge is 2.30. The molecule has 0 aromatic heterocycles. The second-order valence-electron chi connectivity index (χ2n) is 6.39. The van der Waals surface area contributed by atoms with E-state index < -0.39 is 11.7 Å². The number of ether oxygens (including phenoxy) is 2. The molecule has 0 spiro atoms. The minimum Gasteiger partial charge on any atom is -0.486 e. The van der Waals surface area contributed by atoms with Gasteiger partial charge in [0.25, 0.3) is 0 Å². The molecule has 1 aliphatic heterocycles. The summed E-state index contributed by atoms with van der Waals surface area (Å²) in [7, 11) is 0. The Bertz CT molecular complexity index is 809. The molecule has 1 aliphatic rings. The quantitative estimate of drug-likeness (QED) is 0.832. The first-order chi connectivity index (χ1) is 13.4. The maximum atomic E-state index is 12.6. The summed E-state index contributed by atoms with van der Waals surface area (Å²) in [6.07, 6.45) is -4.67. The molecule has 3 rings (SSSR count). The van der Waals surface area contributed by atoms with E-state index in [1.54, 1.807) is 4.90 Å². The number of alkyl halides is 3. The number of hydrogen-bond acceptors (Lipinski definition) is 3. The number of fused-ring (bicyclic) bond motifs is 1. The van der Waals surface area contributed by atoms with Crippen molar-refractivity contribution in [3.63, 3.8) is 0 Å². The molecule has 2 amide bonds. The van der Waals surface area contributed by atoms with Crippen LogP contribution in [0.1, 0.15) is 18.1 Å². The van der Waals surface area contributed by atoms with Crippen LogP contribution in [0.15, 0.2) is 48.5 Å². The number of rotatable bonds is 5. The number of carbonyl (C=O) groups is 1. The van der Waals surface area contributed by atoms with E-state index in [2.05, 4.69) is 5.32 Å². The van der Waals surface area contributed by atoms with Crippen LogP contribution < -0.4 is 14.8 Å². The maximum Gasteiger partial charge on any atom is 0.416 e. The molecule has 1 unspecified atom stereocenters. The van der Waals surface area contributed by atoms with Gasteiger partial charge < -0.3 is 19.7 Å². The number of hydrogen-bond donors (Lipinski definition) is 1. The number of nitrogens with zero attached hydrogens (tertiary/aromatic N) is 1. The third kappa shape index (κ3) is 4.88. The van der Waals surface area contributed by atoms with Gasteiger partial charge in [-0.3, -0.25) is 0 Å². The molecule has 1 atom stereocenters. The number of carbonyl (C=O) groups excluding carboxylic acids is 1. The molecular formula is C20H21F3N2O3. The second-order valence-corrected chi connectivity index (χ2v) is 6.39. The highest BCUT2D eigenvalue weighted by atomic mass is 19.4. The van der Waals surface area contributed by atoms with Crippen molar-refractivity contribution in [3.05, 3.63) is 59.7 Å². The number of amides is 2. The average molecular weight is 394 g/mol. The van der Waals surface area contributed by atoms with E-state index >= 15 is 0 Å². The molecular weight excluding hydrogens is 373 g/mol. The van der Waals surface area contributed by atoms with Gasteiger partial charge in [-0.05, 0) is 36.8 Å². The summed E-state index contributed by atoms with van der Waals surface area (Å²) < 4.78 is 49.3. The molecule has 8 heteroatoms. The van der Waals surface area contributed by atoms with Gasteiger partial charge >= 0.3 is 12.2 Å². The van der Waals surface area contributed by atoms with Crippen molar-refractivity contribution in [1.82, 2.24) is 10.2 Å². The van der Waals surface area contributed by atoms with Crippen LogP contribution in [0.4, 0.5) is 18.0 Å². The van der Waals surface area contributed by atoms with Gasteiger partial charge in [-0.2, -0.15) is 13.2 Å². The van der Waals surface area contributed by atoms with Gasteiger partial charge in [0.05, 0.1) is 12.1 Å².